The van der Waals surface area contributed by atoms with Gasteiger partial charge in [0.25, 0.3) is 0 Å². The number of nitrogens with zero attached hydrogens (tertiary/aromatic N) is 2. The summed E-state index contributed by atoms with van der Waals surface area (Å²) in [5.41, 5.74) is 0. The molecule has 0 aliphatic heterocycles. The topological polar surface area (TPSA) is 8.81 Å². The Labute approximate surface area is 119 Å². The number of hydrogen-bond donors (Lipinski definition) is 0. The van der Waals surface area contributed by atoms with Crippen molar-refractivity contribution in [2.75, 3.05) is 0 Å². The number of unbranched alkanes of at least 4 members (excludes halogenated alkanes) is 4. The minimum atomic E-state index is 0.848. The molecule has 2 heteroatoms. The molecule has 0 radical (unpaired) electrons. The third kappa shape index (κ3) is 6.79. The standard InChI is InChI=1S/C17H33N2/c1-4-7-9-10-12-18-13-14-19(16-18)15-17(6-3)11-8-5-2/h13-14,16-17H,4-12,15H2,1-3H3/q+1. The molecule has 110 valence electrons. The Bertz CT molecular complexity index is 317. The van der Waals surface area contributed by atoms with Crippen LogP contribution in [0.5, 0.6) is 0 Å². The molecule has 0 aliphatic rings. The van der Waals surface area contributed by atoms with E-state index in [-0.39, 0.29) is 0 Å². The lowest BCUT2D eigenvalue weighted by Gasteiger charge is -2.11. The maximum atomic E-state index is 2.38. The van der Waals surface area contributed by atoms with E-state index in [0.29, 0.717) is 0 Å². The Morgan fingerprint density at radius 2 is 1.79 bits per heavy atom. The van der Waals surface area contributed by atoms with Crippen LogP contribution in [0.15, 0.2) is 18.7 Å². The molecule has 1 aromatic rings. The highest BCUT2D eigenvalue weighted by atomic mass is 15.1. The van der Waals surface area contributed by atoms with Gasteiger partial charge < -0.3 is 0 Å². The summed E-state index contributed by atoms with van der Waals surface area (Å²) in [4.78, 5) is 0. The van der Waals surface area contributed by atoms with Crippen molar-refractivity contribution >= 4 is 0 Å². The Morgan fingerprint density at radius 3 is 2.47 bits per heavy atom. The van der Waals surface area contributed by atoms with Gasteiger partial charge in [0.15, 0.2) is 0 Å². The zero-order valence-electron chi connectivity index (χ0n) is 13.3. The molecule has 0 spiro atoms. The highest BCUT2D eigenvalue weighted by Crippen LogP contribution is 2.14. The largest absolute Gasteiger partial charge is 0.243 e. The zero-order chi connectivity index (χ0) is 13.9. The van der Waals surface area contributed by atoms with Crippen molar-refractivity contribution in [3.8, 4) is 0 Å². The molecular formula is C17H33N2+. The van der Waals surface area contributed by atoms with Gasteiger partial charge in [-0.05, 0) is 31.6 Å². The second-order valence-corrected chi connectivity index (χ2v) is 5.83. The quantitative estimate of drug-likeness (QED) is 0.409. The number of hydrogen-bond acceptors (Lipinski definition) is 0. The van der Waals surface area contributed by atoms with Crippen molar-refractivity contribution in [3.63, 3.8) is 0 Å². The molecule has 0 N–H and O–H groups in total. The second kappa shape index (κ2) is 10.1. The first kappa shape index (κ1) is 16.3. The van der Waals surface area contributed by atoms with Crippen LogP contribution in [0.2, 0.25) is 0 Å². The van der Waals surface area contributed by atoms with Gasteiger partial charge in [0.2, 0.25) is 6.33 Å². The fourth-order valence-electron chi connectivity index (χ4n) is 2.62. The molecule has 0 bridgehead atoms. The summed E-state index contributed by atoms with van der Waals surface area (Å²) in [7, 11) is 0. The highest BCUT2D eigenvalue weighted by Gasteiger charge is 2.11. The summed E-state index contributed by atoms with van der Waals surface area (Å²) in [6, 6.07) is 0. The number of imidazole rings is 1. The molecular weight excluding hydrogens is 232 g/mol. The van der Waals surface area contributed by atoms with Crippen LogP contribution in [-0.4, -0.2) is 4.57 Å². The van der Waals surface area contributed by atoms with Crippen molar-refractivity contribution in [1.29, 1.82) is 0 Å². The van der Waals surface area contributed by atoms with Gasteiger partial charge in [-0.2, -0.15) is 0 Å². The molecule has 0 aromatic carbocycles. The SMILES string of the molecule is CCCCCC[n+]1ccn(CC(CC)CCCC)c1. The Balaban J connectivity index is 2.32. The molecule has 1 atom stereocenters. The van der Waals surface area contributed by atoms with Gasteiger partial charge in [0.1, 0.15) is 12.4 Å². The second-order valence-electron chi connectivity index (χ2n) is 5.83. The first-order valence-corrected chi connectivity index (χ1v) is 8.34. The summed E-state index contributed by atoms with van der Waals surface area (Å²) >= 11 is 0. The number of aryl methyl sites for hydroxylation is 1. The van der Waals surface area contributed by atoms with E-state index < -0.39 is 0 Å². The molecule has 0 fully saturated rings. The maximum absolute atomic E-state index is 2.38. The van der Waals surface area contributed by atoms with Crippen molar-refractivity contribution in [2.24, 2.45) is 5.92 Å². The molecule has 1 unspecified atom stereocenters. The van der Waals surface area contributed by atoms with Gasteiger partial charge in [-0.1, -0.05) is 46.5 Å². The zero-order valence-corrected chi connectivity index (χ0v) is 13.3. The van der Waals surface area contributed by atoms with E-state index in [4.69, 9.17) is 0 Å². The fraction of sp³-hybridized carbons (Fsp3) is 0.824. The van der Waals surface area contributed by atoms with Crippen LogP contribution in [-0.2, 0) is 13.1 Å². The lowest BCUT2D eigenvalue weighted by atomic mass is 9.99. The summed E-state index contributed by atoms with van der Waals surface area (Å²) in [5.74, 6) is 0.848. The predicted octanol–water partition coefficient (Wildman–Crippen LogP) is 4.57. The molecule has 0 aliphatic carbocycles. The van der Waals surface area contributed by atoms with Gasteiger partial charge in [-0.3, -0.25) is 0 Å². The van der Waals surface area contributed by atoms with Gasteiger partial charge >= 0.3 is 0 Å². The lowest BCUT2D eigenvalue weighted by Crippen LogP contribution is -2.31. The number of aromatic nitrogens is 2. The fourth-order valence-corrected chi connectivity index (χ4v) is 2.62. The Kier molecular flexibility index (Phi) is 8.61. The minimum absolute atomic E-state index is 0.848. The monoisotopic (exact) mass is 265 g/mol. The molecule has 1 rings (SSSR count). The average molecular weight is 265 g/mol. The van der Waals surface area contributed by atoms with Crippen LogP contribution in [0.25, 0.3) is 0 Å². The van der Waals surface area contributed by atoms with Crippen LogP contribution in [0.3, 0.4) is 0 Å². The van der Waals surface area contributed by atoms with Gasteiger partial charge in [-0.15, -0.1) is 0 Å². The summed E-state index contributed by atoms with van der Waals surface area (Å²) in [6.45, 7) is 9.25. The van der Waals surface area contributed by atoms with Crippen LogP contribution in [0, 0.1) is 5.92 Å². The van der Waals surface area contributed by atoms with Crippen molar-refractivity contribution in [3.05, 3.63) is 18.7 Å². The highest BCUT2D eigenvalue weighted by molar-refractivity contribution is 4.69. The van der Waals surface area contributed by atoms with E-state index in [1.807, 2.05) is 0 Å². The summed E-state index contributed by atoms with van der Waals surface area (Å²) in [5, 5.41) is 0. The van der Waals surface area contributed by atoms with Crippen molar-refractivity contribution in [2.45, 2.75) is 85.2 Å². The van der Waals surface area contributed by atoms with E-state index in [2.05, 4.69) is 48.6 Å². The first-order chi connectivity index (χ1) is 9.30. The first-order valence-electron chi connectivity index (χ1n) is 8.34. The summed E-state index contributed by atoms with van der Waals surface area (Å²) < 4.78 is 4.73. The van der Waals surface area contributed by atoms with Crippen LogP contribution in [0.4, 0.5) is 0 Å². The van der Waals surface area contributed by atoms with Crippen molar-refractivity contribution in [1.82, 2.24) is 4.57 Å². The molecule has 19 heavy (non-hydrogen) atoms. The molecule has 0 saturated heterocycles. The Hall–Kier alpha value is -0.790. The third-order valence-corrected chi connectivity index (χ3v) is 4.03. The van der Waals surface area contributed by atoms with E-state index in [1.165, 1.54) is 64.5 Å². The van der Waals surface area contributed by atoms with E-state index >= 15 is 0 Å². The molecule has 0 amide bonds. The smallest absolute Gasteiger partial charge is 0.237 e. The predicted molar refractivity (Wildman–Crippen MR) is 82.1 cm³/mol. The minimum Gasteiger partial charge on any atom is -0.237 e. The normalized spacial score (nSPS) is 12.8. The van der Waals surface area contributed by atoms with Crippen molar-refractivity contribution < 1.29 is 4.57 Å². The van der Waals surface area contributed by atoms with Crippen LogP contribution in [0.1, 0.15) is 72.1 Å². The third-order valence-electron chi connectivity index (χ3n) is 4.03. The van der Waals surface area contributed by atoms with E-state index in [0.717, 1.165) is 5.92 Å². The van der Waals surface area contributed by atoms with E-state index in [9.17, 15) is 0 Å². The number of rotatable bonds is 11. The molecule has 1 heterocycles. The summed E-state index contributed by atoms with van der Waals surface area (Å²) in [6.07, 6.45) is 17.5. The molecule has 2 nitrogen and oxygen atoms in total. The van der Waals surface area contributed by atoms with Crippen LogP contribution < -0.4 is 4.57 Å². The average Bonchev–Trinajstić information content (AvgIpc) is 2.87. The van der Waals surface area contributed by atoms with Gasteiger partial charge in [0, 0.05) is 0 Å². The lowest BCUT2D eigenvalue weighted by molar-refractivity contribution is -0.697. The Morgan fingerprint density at radius 1 is 1.00 bits per heavy atom. The molecule has 0 saturated carbocycles. The molecule has 1 aromatic heterocycles. The van der Waals surface area contributed by atoms with Gasteiger partial charge in [0.05, 0.1) is 13.1 Å². The van der Waals surface area contributed by atoms with Gasteiger partial charge in [-0.25, -0.2) is 9.13 Å². The van der Waals surface area contributed by atoms with Crippen LogP contribution >= 0.6 is 0 Å². The maximum Gasteiger partial charge on any atom is 0.243 e. The van der Waals surface area contributed by atoms with E-state index in [1.54, 1.807) is 0 Å².